The second-order valence-electron chi connectivity index (χ2n) is 4.31. The highest BCUT2D eigenvalue weighted by Crippen LogP contribution is 2.29. The summed E-state index contributed by atoms with van der Waals surface area (Å²) in [5.41, 5.74) is 10.4. The second-order valence-corrected chi connectivity index (χ2v) is 5.10. The lowest BCUT2D eigenvalue weighted by molar-refractivity contribution is 1.26. The third-order valence-electron chi connectivity index (χ3n) is 2.88. The molecule has 3 N–H and O–H groups in total. The van der Waals surface area contributed by atoms with E-state index in [2.05, 4.69) is 27.3 Å². The van der Waals surface area contributed by atoms with Crippen molar-refractivity contribution in [2.24, 2.45) is 0 Å². The normalized spacial score (nSPS) is 9.95. The molecule has 96 valence electrons. The number of nitrogen functional groups attached to an aromatic ring is 1. The summed E-state index contributed by atoms with van der Waals surface area (Å²) in [7, 11) is 0. The Hall–Kier alpha value is -1.99. The molecule has 0 unspecified atom stereocenters. The molecular formula is C15H14BrN3. The Bertz CT molecular complexity index is 644. The van der Waals surface area contributed by atoms with Gasteiger partial charge >= 0.3 is 0 Å². The Morgan fingerprint density at radius 3 is 2.84 bits per heavy atom. The molecule has 0 saturated carbocycles. The first kappa shape index (κ1) is 13.4. The van der Waals surface area contributed by atoms with Crippen LogP contribution in [0, 0.1) is 18.3 Å². The minimum atomic E-state index is 0.316. The average Bonchev–Trinajstić information content (AvgIpc) is 2.39. The van der Waals surface area contributed by atoms with E-state index in [0.717, 1.165) is 27.0 Å². The van der Waals surface area contributed by atoms with Crippen LogP contribution < -0.4 is 11.1 Å². The SMILES string of the molecule is Cc1cccc(Nc2ccc(N)c(CC#N)c2)c1Br. The molecule has 0 aromatic heterocycles. The van der Waals surface area contributed by atoms with Gasteiger partial charge in [0.05, 0.1) is 18.2 Å². The van der Waals surface area contributed by atoms with E-state index in [4.69, 9.17) is 11.0 Å². The van der Waals surface area contributed by atoms with Crippen LogP contribution in [-0.4, -0.2) is 0 Å². The molecule has 0 heterocycles. The molecule has 2 aromatic rings. The summed E-state index contributed by atoms with van der Waals surface area (Å²) < 4.78 is 1.04. The van der Waals surface area contributed by atoms with E-state index >= 15 is 0 Å². The van der Waals surface area contributed by atoms with Crippen molar-refractivity contribution >= 4 is 33.0 Å². The molecule has 0 bridgehead atoms. The first-order chi connectivity index (χ1) is 9.11. The van der Waals surface area contributed by atoms with E-state index in [1.165, 1.54) is 0 Å². The number of rotatable bonds is 3. The predicted octanol–water partition coefficient (Wildman–Crippen LogP) is 4.15. The van der Waals surface area contributed by atoms with Crippen molar-refractivity contribution in [3.63, 3.8) is 0 Å². The molecule has 0 fully saturated rings. The Labute approximate surface area is 121 Å². The molecular weight excluding hydrogens is 302 g/mol. The van der Waals surface area contributed by atoms with Crippen molar-refractivity contribution < 1.29 is 0 Å². The van der Waals surface area contributed by atoms with Gasteiger partial charge in [-0.05, 0) is 58.2 Å². The molecule has 0 aliphatic carbocycles. The lowest BCUT2D eigenvalue weighted by Gasteiger charge is -2.12. The van der Waals surface area contributed by atoms with Gasteiger partial charge in [-0.3, -0.25) is 0 Å². The fraction of sp³-hybridized carbons (Fsp3) is 0.133. The van der Waals surface area contributed by atoms with E-state index in [1.54, 1.807) is 0 Å². The standard InChI is InChI=1S/C15H14BrN3/c1-10-3-2-4-14(15(10)16)19-12-5-6-13(18)11(9-12)7-8-17/h2-6,9,19H,7,18H2,1H3. The van der Waals surface area contributed by atoms with Crippen LogP contribution >= 0.6 is 15.9 Å². The van der Waals surface area contributed by atoms with E-state index < -0.39 is 0 Å². The lowest BCUT2D eigenvalue weighted by Crippen LogP contribution is -1.97. The fourth-order valence-electron chi connectivity index (χ4n) is 1.82. The van der Waals surface area contributed by atoms with Crippen molar-refractivity contribution in [1.82, 2.24) is 0 Å². The summed E-state index contributed by atoms with van der Waals surface area (Å²) in [6.45, 7) is 2.04. The third-order valence-corrected chi connectivity index (χ3v) is 3.94. The number of nitrogens with one attached hydrogen (secondary N) is 1. The lowest BCUT2D eigenvalue weighted by atomic mass is 10.1. The summed E-state index contributed by atoms with van der Waals surface area (Å²) in [4.78, 5) is 0. The molecule has 0 radical (unpaired) electrons. The molecule has 19 heavy (non-hydrogen) atoms. The van der Waals surface area contributed by atoms with E-state index in [1.807, 2.05) is 43.3 Å². The minimum absolute atomic E-state index is 0.316. The highest BCUT2D eigenvalue weighted by Gasteiger charge is 2.05. The van der Waals surface area contributed by atoms with Crippen molar-refractivity contribution in [2.75, 3.05) is 11.1 Å². The van der Waals surface area contributed by atoms with Gasteiger partial charge in [-0.25, -0.2) is 0 Å². The number of hydrogen-bond donors (Lipinski definition) is 2. The Morgan fingerprint density at radius 2 is 2.11 bits per heavy atom. The van der Waals surface area contributed by atoms with E-state index in [9.17, 15) is 0 Å². The molecule has 0 saturated heterocycles. The Morgan fingerprint density at radius 1 is 1.32 bits per heavy atom. The number of aryl methyl sites for hydroxylation is 1. The van der Waals surface area contributed by atoms with Crippen molar-refractivity contribution in [3.8, 4) is 6.07 Å². The molecule has 3 nitrogen and oxygen atoms in total. The smallest absolute Gasteiger partial charge is 0.0670 e. The first-order valence-electron chi connectivity index (χ1n) is 5.89. The quantitative estimate of drug-likeness (QED) is 0.836. The third kappa shape index (κ3) is 3.07. The molecule has 0 amide bonds. The summed E-state index contributed by atoms with van der Waals surface area (Å²) in [6, 6.07) is 13.8. The van der Waals surface area contributed by atoms with Crippen LogP contribution in [-0.2, 0) is 6.42 Å². The van der Waals surface area contributed by atoms with Gasteiger partial charge < -0.3 is 11.1 Å². The maximum atomic E-state index is 8.77. The van der Waals surface area contributed by atoms with Gasteiger partial charge in [0.15, 0.2) is 0 Å². The maximum absolute atomic E-state index is 8.77. The number of hydrogen-bond acceptors (Lipinski definition) is 3. The number of nitrogens with two attached hydrogens (primary N) is 1. The van der Waals surface area contributed by atoms with Gasteiger partial charge in [-0.2, -0.15) is 5.26 Å². The van der Waals surface area contributed by atoms with Crippen LogP contribution in [0.1, 0.15) is 11.1 Å². The number of halogens is 1. The van der Waals surface area contributed by atoms with Crippen LogP contribution in [0.5, 0.6) is 0 Å². The summed E-state index contributed by atoms with van der Waals surface area (Å²) in [6.07, 6.45) is 0.316. The highest BCUT2D eigenvalue weighted by atomic mass is 79.9. The molecule has 0 atom stereocenters. The molecule has 0 spiro atoms. The molecule has 2 rings (SSSR count). The summed E-state index contributed by atoms with van der Waals surface area (Å²) in [5.74, 6) is 0. The zero-order valence-electron chi connectivity index (χ0n) is 10.6. The average molecular weight is 316 g/mol. The molecule has 2 aromatic carbocycles. The number of benzene rings is 2. The zero-order valence-corrected chi connectivity index (χ0v) is 12.2. The molecule has 0 aliphatic rings. The van der Waals surface area contributed by atoms with E-state index in [-0.39, 0.29) is 0 Å². The van der Waals surface area contributed by atoms with Crippen LogP contribution in [0.3, 0.4) is 0 Å². The minimum Gasteiger partial charge on any atom is -0.398 e. The summed E-state index contributed by atoms with van der Waals surface area (Å²) >= 11 is 3.56. The monoisotopic (exact) mass is 315 g/mol. The van der Waals surface area contributed by atoms with Crippen LogP contribution in [0.25, 0.3) is 0 Å². The van der Waals surface area contributed by atoms with Gasteiger partial charge in [0.1, 0.15) is 0 Å². The van der Waals surface area contributed by atoms with Gasteiger partial charge in [0, 0.05) is 15.8 Å². The maximum Gasteiger partial charge on any atom is 0.0670 e. The van der Waals surface area contributed by atoms with Gasteiger partial charge in [-0.15, -0.1) is 0 Å². The van der Waals surface area contributed by atoms with Gasteiger partial charge in [-0.1, -0.05) is 12.1 Å². The topological polar surface area (TPSA) is 61.8 Å². The van der Waals surface area contributed by atoms with Gasteiger partial charge in [0.2, 0.25) is 0 Å². The van der Waals surface area contributed by atoms with Gasteiger partial charge in [0.25, 0.3) is 0 Å². The molecule has 4 heteroatoms. The van der Waals surface area contributed by atoms with E-state index in [0.29, 0.717) is 12.1 Å². The second kappa shape index (κ2) is 5.77. The van der Waals surface area contributed by atoms with Crippen LogP contribution in [0.2, 0.25) is 0 Å². The van der Waals surface area contributed by atoms with Crippen LogP contribution in [0.4, 0.5) is 17.1 Å². The summed E-state index contributed by atoms with van der Waals surface area (Å²) in [5, 5.41) is 12.1. The predicted molar refractivity (Wildman–Crippen MR) is 82.3 cm³/mol. The number of nitriles is 1. The Balaban J connectivity index is 2.31. The zero-order chi connectivity index (χ0) is 13.8. The molecule has 0 aliphatic heterocycles. The largest absolute Gasteiger partial charge is 0.398 e. The number of nitrogens with zero attached hydrogens (tertiary/aromatic N) is 1. The number of anilines is 3. The van der Waals surface area contributed by atoms with Crippen molar-refractivity contribution in [2.45, 2.75) is 13.3 Å². The van der Waals surface area contributed by atoms with Crippen molar-refractivity contribution in [3.05, 3.63) is 52.0 Å². The Kier molecular flexibility index (Phi) is 4.08. The van der Waals surface area contributed by atoms with Crippen LogP contribution in [0.15, 0.2) is 40.9 Å². The fourth-order valence-corrected chi connectivity index (χ4v) is 2.18. The van der Waals surface area contributed by atoms with Crippen molar-refractivity contribution in [1.29, 1.82) is 5.26 Å². The highest BCUT2D eigenvalue weighted by molar-refractivity contribution is 9.10. The first-order valence-corrected chi connectivity index (χ1v) is 6.68.